The summed E-state index contributed by atoms with van der Waals surface area (Å²) in [6.45, 7) is 12.8. The van der Waals surface area contributed by atoms with Gasteiger partial charge in [0, 0.05) is 32.6 Å². The monoisotopic (exact) mass is 378 g/mol. The van der Waals surface area contributed by atoms with Crippen LogP contribution >= 0.6 is 0 Å². The normalized spacial score (nSPS) is 10.9. The Hall–Kier alpha value is -1.78. The largest absolute Gasteiger partial charge is 0.466 e. The minimum absolute atomic E-state index is 0.0221. The number of hydrogen-bond donors (Lipinski definition) is 0. The number of rotatable bonds is 13. The van der Waals surface area contributed by atoms with Crippen LogP contribution in [0.5, 0.6) is 0 Å². The zero-order valence-corrected chi connectivity index (χ0v) is 18.0. The smallest absolute Gasteiger partial charge is 0.257 e. The number of nitrogens with zero attached hydrogens (tertiary/aromatic N) is 2. The first-order valence-corrected chi connectivity index (χ1v) is 10.6. The van der Waals surface area contributed by atoms with Crippen molar-refractivity contribution < 1.29 is 14.0 Å². The van der Waals surface area contributed by atoms with Gasteiger partial charge in [-0.15, -0.1) is 0 Å². The summed E-state index contributed by atoms with van der Waals surface area (Å²) < 4.78 is 5.53. The summed E-state index contributed by atoms with van der Waals surface area (Å²) >= 11 is 0. The van der Waals surface area contributed by atoms with E-state index < -0.39 is 0 Å². The zero-order chi connectivity index (χ0) is 20.2. The van der Waals surface area contributed by atoms with Crippen LogP contribution in [0.25, 0.3) is 0 Å². The second-order valence-electron chi connectivity index (χ2n) is 7.31. The van der Waals surface area contributed by atoms with Crippen LogP contribution in [-0.4, -0.2) is 47.8 Å². The molecule has 5 nitrogen and oxygen atoms in total. The Labute approximate surface area is 165 Å². The van der Waals surface area contributed by atoms with Gasteiger partial charge in [0.1, 0.15) is 11.5 Å². The summed E-state index contributed by atoms with van der Waals surface area (Å²) in [7, 11) is 0. The zero-order valence-electron chi connectivity index (χ0n) is 18.0. The number of aryl methyl sites for hydroxylation is 2. The summed E-state index contributed by atoms with van der Waals surface area (Å²) in [4.78, 5) is 29.4. The number of amides is 2. The summed E-state index contributed by atoms with van der Waals surface area (Å²) in [5.41, 5.74) is 0.620. The van der Waals surface area contributed by atoms with Crippen molar-refractivity contribution in [2.45, 2.75) is 79.6 Å². The van der Waals surface area contributed by atoms with Crippen LogP contribution in [0.4, 0.5) is 0 Å². The molecule has 27 heavy (non-hydrogen) atoms. The molecule has 0 aromatic carbocycles. The summed E-state index contributed by atoms with van der Waals surface area (Å²) in [5, 5.41) is 0. The van der Waals surface area contributed by atoms with Gasteiger partial charge >= 0.3 is 0 Å². The molecule has 0 saturated carbocycles. The van der Waals surface area contributed by atoms with E-state index in [-0.39, 0.29) is 11.8 Å². The summed E-state index contributed by atoms with van der Waals surface area (Å²) in [6.07, 6.45) is 6.71. The predicted molar refractivity (Wildman–Crippen MR) is 110 cm³/mol. The van der Waals surface area contributed by atoms with Gasteiger partial charge in [-0.1, -0.05) is 40.0 Å². The lowest BCUT2D eigenvalue weighted by atomic mass is 10.1. The van der Waals surface area contributed by atoms with Crippen LogP contribution < -0.4 is 0 Å². The van der Waals surface area contributed by atoms with E-state index in [0.717, 1.165) is 51.0 Å². The van der Waals surface area contributed by atoms with Crippen molar-refractivity contribution in [1.82, 2.24) is 9.80 Å². The second-order valence-corrected chi connectivity index (χ2v) is 7.31. The van der Waals surface area contributed by atoms with Crippen LogP contribution in [0.1, 0.15) is 87.6 Å². The molecule has 0 spiro atoms. The first-order valence-electron chi connectivity index (χ1n) is 10.6. The van der Waals surface area contributed by atoms with Crippen LogP contribution in [0, 0.1) is 13.8 Å². The van der Waals surface area contributed by atoms with E-state index in [2.05, 4.69) is 20.8 Å². The Morgan fingerprint density at radius 1 is 0.852 bits per heavy atom. The molecule has 0 bridgehead atoms. The average Bonchev–Trinajstić information content (AvgIpc) is 2.98. The summed E-state index contributed by atoms with van der Waals surface area (Å²) in [6, 6.07) is 1.80. The first kappa shape index (κ1) is 23.3. The molecule has 0 radical (unpaired) electrons. The molecule has 0 unspecified atom stereocenters. The minimum atomic E-state index is -0.0221. The number of carbonyl (C=O) groups is 2. The Kier molecular flexibility index (Phi) is 10.8. The standard InChI is InChI=1S/C22H38N2O3/c1-6-9-10-11-15-24(22(26)20-17-18(4)27-19(20)5)16-12-21(25)23(13-7-2)14-8-3/h17H,6-16H2,1-5H3. The molecule has 0 aliphatic rings. The Morgan fingerprint density at radius 2 is 1.52 bits per heavy atom. The molecule has 5 heteroatoms. The van der Waals surface area contributed by atoms with Crippen molar-refractivity contribution in [2.24, 2.45) is 0 Å². The van der Waals surface area contributed by atoms with E-state index >= 15 is 0 Å². The fourth-order valence-electron chi connectivity index (χ4n) is 3.35. The van der Waals surface area contributed by atoms with E-state index in [1.54, 1.807) is 6.07 Å². The Morgan fingerprint density at radius 3 is 2.04 bits per heavy atom. The third kappa shape index (κ3) is 7.77. The molecule has 1 rings (SSSR count). The highest BCUT2D eigenvalue weighted by Crippen LogP contribution is 2.17. The van der Waals surface area contributed by atoms with Gasteiger partial charge in [-0.05, 0) is 39.2 Å². The average molecular weight is 379 g/mol. The highest BCUT2D eigenvalue weighted by Gasteiger charge is 2.22. The van der Waals surface area contributed by atoms with Gasteiger partial charge in [0.2, 0.25) is 5.91 Å². The third-order valence-corrected chi connectivity index (χ3v) is 4.78. The molecule has 2 amide bonds. The van der Waals surface area contributed by atoms with Crippen molar-refractivity contribution in [3.05, 3.63) is 23.2 Å². The minimum Gasteiger partial charge on any atom is -0.466 e. The molecule has 1 aromatic rings. The van der Waals surface area contributed by atoms with Gasteiger partial charge in [0.05, 0.1) is 5.56 Å². The van der Waals surface area contributed by atoms with E-state index in [9.17, 15) is 9.59 Å². The number of carbonyl (C=O) groups excluding carboxylic acids is 2. The van der Waals surface area contributed by atoms with E-state index in [0.29, 0.717) is 30.8 Å². The van der Waals surface area contributed by atoms with Crippen LogP contribution in [-0.2, 0) is 4.79 Å². The highest BCUT2D eigenvalue weighted by atomic mass is 16.3. The quantitative estimate of drug-likeness (QED) is 0.456. The van der Waals surface area contributed by atoms with Gasteiger partial charge in [0.25, 0.3) is 5.91 Å². The number of furan rings is 1. The molecule has 0 atom stereocenters. The third-order valence-electron chi connectivity index (χ3n) is 4.78. The first-order chi connectivity index (χ1) is 12.9. The van der Waals surface area contributed by atoms with Crippen molar-refractivity contribution in [3.8, 4) is 0 Å². The maximum absolute atomic E-state index is 13.0. The molecule has 1 heterocycles. The van der Waals surface area contributed by atoms with Crippen molar-refractivity contribution in [3.63, 3.8) is 0 Å². The topological polar surface area (TPSA) is 53.8 Å². The lowest BCUT2D eigenvalue weighted by Gasteiger charge is -2.25. The molecule has 0 saturated heterocycles. The Bertz CT molecular complexity index is 574. The molecular formula is C22H38N2O3. The van der Waals surface area contributed by atoms with Crippen LogP contribution in [0.15, 0.2) is 10.5 Å². The number of unbranched alkanes of at least 4 members (excludes halogenated alkanes) is 3. The van der Waals surface area contributed by atoms with Crippen molar-refractivity contribution in [1.29, 1.82) is 0 Å². The van der Waals surface area contributed by atoms with Crippen LogP contribution in [0.2, 0.25) is 0 Å². The van der Waals surface area contributed by atoms with Gasteiger partial charge in [-0.3, -0.25) is 9.59 Å². The molecule has 1 aromatic heterocycles. The molecular weight excluding hydrogens is 340 g/mol. The van der Waals surface area contributed by atoms with E-state index in [1.165, 1.54) is 6.42 Å². The van der Waals surface area contributed by atoms with E-state index in [1.807, 2.05) is 23.6 Å². The maximum atomic E-state index is 13.0. The number of hydrogen-bond acceptors (Lipinski definition) is 3. The second kappa shape index (κ2) is 12.6. The molecule has 0 aliphatic carbocycles. The predicted octanol–water partition coefficient (Wildman–Crippen LogP) is 4.96. The molecule has 0 N–H and O–H groups in total. The highest BCUT2D eigenvalue weighted by molar-refractivity contribution is 5.95. The lowest BCUT2D eigenvalue weighted by molar-refractivity contribution is -0.131. The van der Waals surface area contributed by atoms with Gasteiger partial charge < -0.3 is 14.2 Å². The molecule has 0 fully saturated rings. The fraction of sp³-hybridized carbons (Fsp3) is 0.727. The maximum Gasteiger partial charge on any atom is 0.257 e. The fourth-order valence-corrected chi connectivity index (χ4v) is 3.35. The lowest BCUT2D eigenvalue weighted by Crippen LogP contribution is -2.38. The van der Waals surface area contributed by atoms with Gasteiger partial charge in [-0.2, -0.15) is 0 Å². The van der Waals surface area contributed by atoms with E-state index in [4.69, 9.17) is 4.42 Å². The van der Waals surface area contributed by atoms with Gasteiger partial charge in [-0.25, -0.2) is 0 Å². The van der Waals surface area contributed by atoms with Crippen LogP contribution in [0.3, 0.4) is 0 Å². The van der Waals surface area contributed by atoms with Crippen molar-refractivity contribution in [2.75, 3.05) is 26.2 Å². The summed E-state index contributed by atoms with van der Waals surface area (Å²) in [5.74, 6) is 1.52. The van der Waals surface area contributed by atoms with Gasteiger partial charge in [0.15, 0.2) is 0 Å². The van der Waals surface area contributed by atoms with Crippen molar-refractivity contribution >= 4 is 11.8 Å². The Balaban J connectivity index is 2.77. The molecule has 0 aliphatic heterocycles. The SMILES string of the molecule is CCCCCCN(CCC(=O)N(CCC)CCC)C(=O)c1cc(C)oc1C. The molecule has 154 valence electrons.